The standard InChI is InChI=1S/C22H20BrCl3N4O2/c23-18-11-16(24)3-4-21(18)32-14-30-6-5-20(27-30)22(31)29-9-7-28(8-10-29)13-15-1-2-17(25)12-19(15)26/h1-6,11-12H,7-10,13-14H2. The number of hydrogen-bond donors (Lipinski definition) is 0. The summed E-state index contributed by atoms with van der Waals surface area (Å²) in [5.74, 6) is 0.565. The molecule has 1 aliphatic rings. The monoisotopic (exact) mass is 556 g/mol. The molecule has 0 atom stereocenters. The van der Waals surface area contributed by atoms with Crippen LogP contribution in [0.2, 0.25) is 15.1 Å². The largest absolute Gasteiger partial charge is 0.470 e. The highest BCUT2D eigenvalue weighted by Gasteiger charge is 2.24. The molecule has 32 heavy (non-hydrogen) atoms. The Labute approximate surface area is 209 Å². The van der Waals surface area contributed by atoms with Crippen LogP contribution in [-0.2, 0) is 13.3 Å². The molecule has 0 N–H and O–H groups in total. The Morgan fingerprint density at radius 1 is 1.00 bits per heavy atom. The third-order valence-electron chi connectivity index (χ3n) is 5.17. The van der Waals surface area contributed by atoms with Crippen molar-refractivity contribution in [2.24, 2.45) is 0 Å². The third-order valence-corrected chi connectivity index (χ3v) is 6.62. The average Bonchev–Trinajstić information content (AvgIpc) is 3.24. The minimum Gasteiger partial charge on any atom is -0.470 e. The van der Waals surface area contributed by atoms with Crippen LogP contribution in [0.15, 0.2) is 53.1 Å². The van der Waals surface area contributed by atoms with Gasteiger partial charge in [0.1, 0.15) is 5.75 Å². The van der Waals surface area contributed by atoms with Crippen LogP contribution >= 0.6 is 50.7 Å². The lowest BCUT2D eigenvalue weighted by Crippen LogP contribution is -2.48. The maximum Gasteiger partial charge on any atom is 0.274 e. The van der Waals surface area contributed by atoms with Gasteiger partial charge in [-0.1, -0.05) is 40.9 Å². The van der Waals surface area contributed by atoms with E-state index in [0.29, 0.717) is 39.6 Å². The van der Waals surface area contributed by atoms with Crippen molar-refractivity contribution in [1.29, 1.82) is 0 Å². The Bertz CT molecular complexity index is 1120. The first-order valence-corrected chi connectivity index (χ1v) is 11.9. The number of nitrogens with zero attached hydrogens (tertiary/aromatic N) is 4. The maximum atomic E-state index is 12.9. The summed E-state index contributed by atoms with van der Waals surface area (Å²) in [7, 11) is 0. The summed E-state index contributed by atoms with van der Waals surface area (Å²) in [5.41, 5.74) is 1.43. The van der Waals surface area contributed by atoms with Gasteiger partial charge in [-0.05, 0) is 57.9 Å². The molecule has 1 aliphatic heterocycles. The number of amides is 1. The highest BCUT2D eigenvalue weighted by molar-refractivity contribution is 9.10. The molecule has 10 heteroatoms. The number of benzene rings is 2. The van der Waals surface area contributed by atoms with Gasteiger partial charge in [0.2, 0.25) is 0 Å². The van der Waals surface area contributed by atoms with Crippen LogP contribution in [0.5, 0.6) is 5.75 Å². The zero-order chi connectivity index (χ0) is 22.7. The van der Waals surface area contributed by atoms with Crippen molar-refractivity contribution in [2.45, 2.75) is 13.3 Å². The lowest BCUT2D eigenvalue weighted by Gasteiger charge is -2.34. The lowest BCUT2D eigenvalue weighted by molar-refractivity contribution is 0.0621. The van der Waals surface area contributed by atoms with Gasteiger partial charge < -0.3 is 9.64 Å². The predicted molar refractivity (Wildman–Crippen MR) is 130 cm³/mol. The van der Waals surface area contributed by atoms with Crippen LogP contribution in [0.3, 0.4) is 0 Å². The molecule has 1 aromatic heterocycles. The summed E-state index contributed by atoms with van der Waals surface area (Å²) >= 11 is 21.6. The van der Waals surface area contributed by atoms with Crippen LogP contribution in [0, 0.1) is 0 Å². The quantitative estimate of drug-likeness (QED) is 0.395. The number of rotatable bonds is 6. The Morgan fingerprint density at radius 2 is 1.72 bits per heavy atom. The first-order valence-electron chi connectivity index (χ1n) is 9.96. The van der Waals surface area contributed by atoms with Gasteiger partial charge in [0.25, 0.3) is 5.91 Å². The number of aromatic nitrogens is 2. The zero-order valence-electron chi connectivity index (χ0n) is 17.0. The van der Waals surface area contributed by atoms with Gasteiger partial charge in [0.15, 0.2) is 12.4 Å². The summed E-state index contributed by atoms with van der Waals surface area (Å²) < 4.78 is 8.09. The molecule has 2 heterocycles. The lowest BCUT2D eigenvalue weighted by atomic mass is 10.2. The number of carbonyl (C=O) groups is 1. The second-order valence-electron chi connectivity index (χ2n) is 7.39. The van der Waals surface area contributed by atoms with E-state index < -0.39 is 0 Å². The fourth-order valence-corrected chi connectivity index (χ4v) is 4.70. The van der Waals surface area contributed by atoms with Crippen LogP contribution in [0.4, 0.5) is 0 Å². The van der Waals surface area contributed by atoms with E-state index in [0.717, 1.165) is 29.7 Å². The van der Waals surface area contributed by atoms with Crippen LogP contribution in [-0.4, -0.2) is 51.7 Å². The molecule has 0 bridgehead atoms. The van der Waals surface area contributed by atoms with E-state index in [1.54, 1.807) is 41.2 Å². The molecule has 3 aromatic rings. The number of carbonyl (C=O) groups excluding carboxylic acids is 1. The SMILES string of the molecule is O=C(c1ccn(COc2ccc(Cl)cc2Br)n1)N1CCN(Cc2ccc(Cl)cc2Cl)CC1. The van der Waals surface area contributed by atoms with Crippen LogP contribution in [0.25, 0.3) is 0 Å². The van der Waals surface area contributed by atoms with Crippen LogP contribution in [0.1, 0.15) is 16.1 Å². The van der Waals surface area contributed by atoms with E-state index in [4.69, 9.17) is 39.5 Å². The van der Waals surface area contributed by atoms with Crippen molar-refractivity contribution >= 4 is 56.6 Å². The van der Waals surface area contributed by atoms with E-state index in [2.05, 4.69) is 25.9 Å². The minimum atomic E-state index is -0.0828. The second kappa shape index (κ2) is 10.4. The summed E-state index contributed by atoms with van der Waals surface area (Å²) in [6, 6.07) is 12.5. The Hall–Kier alpha value is -1.77. The van der Waals surface area contributed by atoms with Gasteiger partial charge >= 0.3 is 0 Å². The van der Waals surface area contributed by atoms with Crippen molar-refractivity contribution in [3.63, 3.8) is 0 Å². The number of hydrogen-bond acceptors (Lipinski definition) is 4. The number of halogens is 4. The molecule has 0 aliphatic carbocycles. The molecule has 4 rings (SSSR count). The van der Waals surface area contributed by atoms with Crippen molar-refractivity contribution in [2.75, 3.05) is 26.2 Å². The van der Waals surface area contributed by atoms with Gasteiger partial charge in [0, 0.05) is 54.0 Å². The molecule has 6 nitrogen and oxygen atoms in total. The molecule has 1 fully saturated rings. The van der Waals surface area contributed by atoms with E-state index >= 15 is 0 Å². The van der Waals surface area contributed by atoms with Crippen molar-refractivity contribution in [3.05, 3.63) is 79.5 Å². The van der Waals surface area contributed by atoms with Crippen molar-refractivity contribution in [3.8, 4) is 5.75 Å². The number of ether oxygens (including phenoxy) is 1. The van der Waals surface area contributed by atoms with E-state index in [9.17, 15) is 4.79 Å². The fourth-order valence-electron chi connectivity index (χ4n) is 3.44. The maximum absolute atomic E-state index is 12.9. The highest BCUT2D eigenvalue weighted by atomic mass is 79.9. The molecular weight excluding hydrogens is 539 g/mol. The summed E-state index contributed by atoms with van der Waals surface area (Å²) in [5, 5.41) is 6.27. The normalized spacial score (nSPS) is 14.6. The topological polar surface area (TPSA) is 50.6 Å². The molecule has 0 saturated carbocycles. The summed E-state index contributed by atoms with van der Waals surface area (Å²) in [6.07, 6.45) is 1.73. The average molecular weight is 559 g/mol. The van der Waals surface area contributed by atoms with Crippen molar-refractivity contribution in [1.82, 2.24) is 19.6 Å². The van der Waals surface area contributed by atoms with E-state index in [-0.39, 0.29) is 12.6 Å². The first-order chi connectivity index (χ1) is 15.4. The van der Waals surface area contributed by atoms with Gasteiger partial charge in [-0.3, -0.25) is 9.69 Å². The predicted octanol–water partition coefficient (Wildman–Crippen LogP) is 5.60. The third kappa shape index (κ3) is 5.77. The Kier molecular flexibility index (Phi) is 7.63. The molecule has 2 aromatic carbocycles. The zero-order valence-corrected chi connectivity index (χ0v) is 20.8. The Morgan fingerprint density at radius 3 is 2.44 bits per heavy atom. The smallest absolute Gasteiger partial charge is 0.274 e. The first kappa shape index (κ1) is 23.4. The minimum absolute atomic E-state index is 0.0828. The fraction of sp³-hybridized carbons (Fsp3) is 0.273. The van der Waals surface area contributed by atoms with Crippen LogP contribution < -0.4 is 4.74 Å². The molecule has 168 valence electrons. The van der Waals surface area contributed by atoms with Gasteiger partial charge in [-0.15, -0.1) is 0 Å². The molecule has 0 radical (unpaired) electrons. The van der Waals surface area contributed by atoms with E-state index in [1.807, 2.05) is 17.0 Å². The molecular formula is C22H20BrCl3N4O2. The highest BCUT2D eigenvalue weighted by Crippen LogP contribution is 2.28. The van der Waals surface area contributed by atoms with Gasteiger partial charge in [0.05, 0.1) is 4.47 Å². The second-order valence-corrected chi connectivity index (χ2v) is 9.53. The number of piperazine rings is 1. The van der Waals surface area contributed by atoms with Gasteiger partial charge in [-0.25, -0.2) is 4.68 Å². The molecule has 1 amide bonds. The Balaban J connectivity index is 1.29. The van der Waals surface area contributed by atoms with Crippen molar-refractivity contribution < 1.29 is 9.53 Å². The van der Waals surface area contributed by atoms with E-state index in [1.165, 1.54) is 0 Å². The summed E-state index contributed by atoms with van der Waals surface area (Å²) in [4.78, 5) is 17.0. The summed E-state index contributed by atoms with van der Waals surface area (Å²) in [6.45, 7) is 3.70. The molecule has 0 spiro atoms. The van der Waals surface area contributed by atoms with Gasteiger partial charge in [-0.2, -0.15) is 5.10 Å². The molecule has 1 saturated heterocycles. The molecule has 0 unspecified atom stereocenters.